The maximum Gasteiger partial charge on any atom is 0.279 e. The molecule has 0 fully saturated rings. The van der Waals surface area contributed by atoms with Crippen LogP contribution in [-0.2, 0) is 17.1 Å². The molecule has 0 atom stereocenters. The van der Waals surface area contributed by atoms with Gasteiger partial charge < -0.3 is 4.74 Å². The van der Waals surface area contributed by atoms with Crippen LogP contribution >= 0.6 is 0 Å². The van der Waals surface area contributed by atoms with E-state index in [1.54, 1.807) is 25.2 Å². The normalized spacial score (nSPS) is 10.8. The lowest BCUT2D eigenvalue weighted by Gasteiger charge is -2.09. The van der Waals surface area contributed by atoms with Crippen LogP contribution in [0, 0.1) is 11.3 Å². The first-order valence-corrected chi connectivity index (χ1v) is 7.12. The lowest BCUT2D eigenvalue weighted by molar-refractivity contribution is 0.368. The number of rotatable bonds is 5. The Balaban J connectivity index is 2.22. The largest absolute Gasteiger partial charge is 0.479 e. The molecule has 0 saturated carbocycles. The van der Waals surface area contributed by atoms with Gasteiger partial charge in [0.25, 0.3) is 10.0 Å². The van der Waals surface area contributed by atoms with Gasteiger partial charge in [-0.25, -0.2) is 0 Å². The number of aryl methyl sites for hydroxylation is 1. The van der Waals surface area contributed by atoms with Crippen molar-refractivity contribution in [3.05, 3.63) is 36.5 Å². The number of benzene rings is 1. The highest BCUT2D eigenvalue weighted by Gasteiger charge is 2.18. The van der Waals surface area contributed by atoms with Gasteiger partial charge in [0, 0.05) is 13.1 Å². The quantitative estimate of drug-likeness (QED) is 0.890. The highest BCUT2D eigenvalue weighted by atomic mass is 32.2. The van der Waals surface area contributed by atoms with Crippen molar-refractivity contribution in [2.45, 2.75) is 5.03 Å². The Morgan fingerprint density at radius 2 is 2.25 bits per heavy atom. The van der Waals surface area contributed by atoms with E-state index in [0.717, 1.165) is 0 Å². The van der Waals surface area contributed by atoms with Crippen molar-refractivity contribution < 1.29 is 13.2 Å². The fraction of sp³-hybridized carbons (Fsp3) is 0.167. The molecule has 20 heavy (non-hydrogen) atoms. The van der Waals surface area contributed by atoms with Crippen molar-refractivity contribution in [1.82, 2.24) is 9.78 Å². The van der Waals surface area contributed by atoms with Gasteiger partial charge in [0.15, 0.2) is 11.6 Å². The molecule has 2 rings (SSSR count). The van der Waals surface area contributed by atoms with E-state index in [0.29, 0.717) is 11.4 Å². The van der Waals surface area contributed by atoms with Crippen molar-refractivity contribution in [3.8, 4) is 11.8 Å². The number of nitriles is 1. The van der Waals surface area contributed by atoms with Gasteiger partial charge in [0.05, 0.1) is 11.9 Å². The maximum absolute atomic E-state index is 12.1. The maximum atomic E-state index is 12.1. The van der Waals surface area contributed by atoms with E-state index in [1.807, 2.05) is 6.07 Å². The highest BCUT2D eigenvalue weighted by molar-refractivity contribution is 7.92. The van der Waals surface area contributed by atoms with E-state index in [2.05, 4.69) is 9.82 Å². The van der Waals surface area contributed by atoms with Gasteiger partial charge in [0.2, 0.25) is 0 Å². The molecule has 104 valence electrons. The molecule has 8 heteroatoms. The first-order valence-electron chi connectivity index (χ1n) is 5.63. The summed E-state index contributed by atoms with van der Waals surface area (Å²) in [5.41, 5.74) is 0.349. The smallest absolute Gasteiger partial charge is 0.279 e. The predicted molar refractivity (Wildman–Crippen MR) is 71.6 cm³/mol. The van der Waals surface area contributed by atoms with E-state index in [1.165, 1.54) is 23.0 Å². The summed E-state index contributed by atoms with van der Waals surface area (Å²) in [6.07, 6.45) is 1.40. The summed E-state index contributed by atoms with van der Waals surface area (Å²) in [5.74, 6) is 0.414. The molecule has 0 unspecified atom stereocenters. The number of hydrogen-bond donors (Lipinski definition) is 1. The summed E-state index contributed by atoms with van der Waals surface area (Å²) in [5, 5.41) is 12.3. The topological polar surface area (TPSA) is 97.0 Å². The summed E-state index contributed by atoms with van der Waals surface area (Å²) in [7, 11) is -2.17. The Morgan fingerprint density at radius 3 is 2.90 bits per heavy atom. The molecule has 1 aromatic heterocycles. The van der Waals surface area contributed by atoms with Crippen molar-refractivity contribution >= 4 is 15.7 Å². The second-order valence-corrected chi connectivity index (χ2v) is 5.50. The second-order valence-electron chi connectivity index (χ2n) is 3.87. The van der Waals surface area contributed by atoms with Crippen molar-refractivity contribution in [2.75, 3.05) is 11.3 Å². The molecule has 0 radical (unpaired) electrons. The average molecular weight is 292 g/mol. The molecular formula is C12H12N4O3S. The van der Waals surface area contributed by atoms with Crippen LogP contribution in [-0.4, -0.2) is 24.8 Å². The van der Waals surface area contributed by atoms with Crippen LogP contribution in [0.5, 0.6) is 5.75 Å². The Bertz CT molecular complexity index is 746. The minimum atomic E-state index is -3.71. The van der Waals surface area contributed by atoms with Crippen LogP contribution in [0.4, 0.5) is 5.69 Å². The van der Waals surface area contributed by atoms with Crippen molar-refractivity contribution in [2.24, 2.45) is 7.05 Å². The highest BCUT2D eigenvalue weighted by Crippen LogP contribution is 2.20. The Hall–Kier alpha value is -2.53. The zero-order valence-electron chi connectivity index (χ0n) is 10.6. The fourth-order valence-electron chi connectivity index (χ4n) is 1.60. The first kappa shape index (κ1) is 13.9. The van der Waals surface area contributed by atoms with Crippen LogP contribution in [0.15, 0.2) is 41.6 Å². The third-order valence-corrected chi connectivity index (χ3v) is 3.90. The molecule has 0 spiro atoms. The van der Waals surface area contributed by atoms with E-state index < -0.39 is 10.0 Å². The number of nitrogens with zero attached hydrogens (tertiary/aromatic N) is 3. The molecule has 1 heterocycles. The van der Waals surface area contributed by atoms with E-state index in [4.69, 9.17) is 10.00 Å². The third-order valence-electron chi connectivity index (χ3n) is 2.44. The monoisotopic (exact) mass is 292 g/mol. The summed E-state index contributed by atoms with van der Waals surface area (Å²) in [6.45, 7) is -0.0993. The molecule has 1 aromatic carbocycles. The summed E-state index contributed by atoms with van der Waals surface area (Å²) in [4.78, 5) is 0. The van der Waals surface area contributed by atoms with Crippen LogP contribution in [0.25, 0.3) is 0 Å². The molecule has 0 amide bonds. The number of ether oxygens (including phenoxy) is 1. The third kappa shape index (κ3) is 3.07. The molecule has 1 N–H and O–H groups in total. The van der Waals surface area contributed by atoms with E-state index in [-0.39, 0.29) is 11.6 Å². The van der Waals surface area contributed by atoms with Gasteiger partial charge in [-0.3, -0.25) is 9.40 Å². The first-order chi connectivity index (χ1) is 9.53. The fourth-order valence-corrected chi connectivity index (χ4v) is 2.77. The molecule has 0 aliphatic heterocycles. The average Bonchev–Trinajstić information content (AvgIpc) is 2.83. The predicted octanol–water partition coefficient (Wildman–Crippen LogP) is 1.12. The lowest BCUT2D eigenvalue weighted by Crippen LogP contribution is -2.16. The van der Waals surface area contributed by atoms with Gasteiger partial charge in [-0.1, -0.05) is 6.07 Å². The Kier molecular flexibility index (Phi) is 3.91. The zero-order valence-corrected chi connectivity index (χ0v) is 11.5. The van der Waals surface area contributed by atoms with Crippen molar-refractivity contribution in [1.29, 1.82) is 5.26 Å². The Labute approximate surface area is 116 Å². The molecule has 0 bridgehead atoms. The van der Waals surface area contributed by atoms with Crippen molar-refractivity contribution in [3.63, 3.8) is 0 Å². The van der Waals surface area contributed by atoms with Crippen LogP contribution in [0.3, 0.4) is 0 Å². The van der Waals surface area contributed by atoms with Crippen LogP contribution in [0.2, 0.25) is 0 Å². The molecule has 0 aliphatic carbocycles. The number of aromatic nitrogens is 2. The SMILES string of the molecule is Cn1nccc1S(=O)(=O)Nc1cccc(OCC#N)c1. The molecule has 0 saturated heterocycles. The van der Waals surface area contributed by atoms with Gasteiger partial charge in [0.1, 0.15) is 11.8 Å². The number of anilines is 1. The van der Waals surface area contributed by atoms with Crippen LogP contribution in [0.1, 0.15) is 0 Å². The number of sulfonamides is 1. The minimum absolute atomic E-state index is 0.0563. The molecule has 0 aliphatic rings. The summed E-state index contributed by atoms with van der Waals surface area (Å²) >= 11 is 0. The minimum Gasteiger partial charge on any atom is -0.479 e. The molecule has 7 nitrogen and oxygen atoms in total. The second kappa shape index (κ2) is 5.63. The number of nitrogens with one attached hydrogen (secondary N) is 1. The lowest BCUT2D eigenvalue weighted by atomic mass is 10.3. The Morgan fingerprint density at radius 1 is 1.45 bits per heavy atom. The van der Waals surface area contributed by atoms with E-state index in [9.17, 15) is 8.42 Å². The standard InChI is InChI=1S/C12H12N4O3S/c1-16-12(5-7-14-16)20(17,18)15-10-3-2-4-11(9-10)19-8-6-13/h2-5,7,9,15H,8H2,1H3. The summed E-state index contributed by atoms with van der Waals surface area (Å²) < 4.78 is 33.1. The number of hydrogen-bond acceptors (Lipinski definition) is 5. The molecular weight excluding hydrogens is 280 g/mol. The van der Waals surface area contributed by atoms with E-state index >= 15 is 0 Å². The zero-order chi connectivity index (χ0) is 14.6. The van der Waals surface area contributed by atoms with Gasteiger partial charge in [-0.05, 0) is 18.2 Å². The summed E-state index contributed by atoms with van der Waals surface area (Å²) in [6, 6.07) is 9.61. The van der Waals surface area contributed by atoms with Crippen LogP contribution < -0.4 is 9.46 Å². The van der Waals surface area contributed by atoms with Gasteiger partial charge >= 0.3 is 0 Å². The van der Waals surface area contributed by atoms with Gasteiger partial charge in [-0.2, -0.15) is 18.8 Å². The molecule has 2 aromatic rings. The van der Waals surface area contributed by atoms with Gasteiger partial charge in [-0.15, -0.1) is 0 Å².